The molecule has 0 spiro atoms. The van der Waals surface area contributed by atoms with Gasteiger partial charge >= 0.3 is 0 Å². The fourth-order valence-electron chi connectivity index (χ4n) is 3.97. The maximum atomic E-state index is 12.0. The molecule has 18 heavy (non-hydrogen) atoms. The minimum atomic E-state index is -1.46. The fraction of sp³-hybridized carbons (Fsp3) is 0.692. The Morgan fingerprint density at radius 3 is 1.67 bits per heavy atom. The van der Waals surface area contributed by atoms with E-state index in [-0.39, 0.29) is 0 Å². The molecule has 1 heterocycles. The Kier molecular flexibility index (Phi) is 2.48. The minimum absolute atomic E-state index is 0.557. The molecule has 0 aromatic heterocycles. The van der Waals surface area contributed by atoms with E-state index in [1.807, 2.05) is 26.0 Å². The summed E-state index contributed by atoms with van der Waals surface area (Å²) in [6.45, 7) is 3.87. The fourth-order valence-corrected chi connectivity index (χ4v) is 3.97. The first-order valence-corrected chi connectivity index (χ1v) is 6.23. The van der Waals surface area contributed by atoms with Gasteiger partial charge in [-0.25, -0.2) is 0 Å². The van der Waals surface area contributed by atoms with Crippen LogP contribution in [0.4, 0.5) is 0 Å². The standard InChI is InChI=1S/C13H15N3O2/c1-3-5-11(6-4-2)12(7-14)9(17)16-10(18)13(11,12)8-15/h3-6H2,1-2H3,(H,16,17,18)/t12-,13+. The van der Waals surface area contributed by atoms with Gasteiger partial charge in [0.25, 0.3) is 0 Å². The monoisotopic (exact) mass is 245 g/mol. The maximum absolute atomic E-state index is 12.0. The van der Waals surface area contributed by atoms with Gasteiger partial charge in [-0.15, -0.1) is 0 Å². The molecule has 0 bridgehead atoms. The van der Waals surface area contributed by atoms with Crippen molar-refractivity contribution in [3.63, 3.8) is 0 Å². The summed E-state index contributed by atoms with van der Waals surface area (Å²) in [4.78, 5) is 24.0. The van der Waals surface area contributed by atoms with Gasteiger partial charge in [-0.1, -0.05) is 26.7 Å². The molecule has 0 radical (unpaired) electrons. The van der Waals surface area contributed by atoms with E-state index in [1.165, 1.54) is 0 Å². The normalized spacial score (nSPS) is 35.3. The third-order valence-corrected chi connectivity index (χ3v) is 4.53. The second kappa shape index (κ2) is 3.55. The third-order valence-electron chi connectivity index (χ3n) is 4.53. The van der Waals surface area contributed by atoms with Gasteiger partial charge in [-0.3, -0.25) is 14.9 Å². The quantitative estimate of drug-likeness (QED) is 0.754. The van der Waals surface area contributed by atoms with Crippen LogP contribution in [0.25, 0.3) is 0 Å². The summed E-state index contributed by atoms with van der Waals surface area (Å²) in [5.74, 6) is -1.17. The molecule has 5 nitrogen and oxygen atoms in total. The van der Waals surface area contributed by atoms with Crippen molar-refractivity contribution in [2.45, 2.75) is 39.5 Å². The average Bonchev–Trinajstić information content (AvgIpc) is 2.76. The van der Waals surface area contributed by atoms with Gasteiger partial charge in [0.05, 0.1) is 12.1 Å². The molecule has 1 aliphatic carbocycles. The summed E-state index contributed by atoms with van der Waals surface area (Å²) in [5.41, 5.74) is -3.71. The SMILES string of the molecule is CCCC1(CCC)[C@]2(C#N)C(=O)NC(=O)[C@]12C#N. The highest BCUT2D eigenvalue weighted by Crippen LogP contribution is 2.83. The maximum Gasteiger partial charge on any atom is 0.249 e. The van der Waals surface area contributed by atoms with Crippen molar-refractivity contribution < 1.29 is 9.59 Å². The van der Waals surface area contributed by atoms with Crippen molar-refractivity contribution in [2.24, 2.45) is 16.2 Å². The van der Waals surface area contributed by atoms with E-state index in [0.717, 1.165) is 12.8 Å². The van der Waals surface area contributed by atoms with Crippen LogP contribution in [-0.4, -0.2) is 11.8 Å². The molecule has 2 aliphatic rings. The molecular formula is C13H15N3O2. The molecule has 1 N–H and O–H groups in total. The van der Waals surface area contributed by atoms with Crippen LogP contribution in [0.5, 0.6) is 0 Å². The van der Waals surface area contributed by atoms with Crippen LogP contribution < -0.4 is 5.32 Å². The molecule has 1 saturated heterocycles. The third kappa shape index (κ3) is 0.861. The molecule has 5 heteroatoms. The summed E-state index contributed by atoms with van der Waals surface area (Å²) < 4.78 is 0. The van der Waals surface area contributed by atoms with Gasteiger partial charge in [-0.05, 0) is 12.8 Å². The number of hydrogen-bond donors (Lipinski definition) is 1. The summed E-state index contributed by atoms with van der Waals surface area (Å²) in [5, 5.41) is 21.0. The van der Waals surface area contributed by atoms with E-state index in [2.05, 4.69) is 5.32 Å². The van der Waals surface area contributed by atoms with Gasteiger partial charge in [-0.2, -0.15) is 10.5 Å². The number of nitriles is 2. The molecule has 94 valence electrons. The summed E-state index contributed by atoms with van der Waals surface area (Å²) in [6, 6.07) is 3.98. The first-order valence-electron chi connectivity index (χ1n) is 6.23. The zero-order chi connectivity index (χ0) is 13.6. The Hall–Kier alpha value is -1.88. The highest BCUT2D eigenvalue weighted by molar-refractivity contribution is 6.19. The predicted molar refractivity (Wildman–Crippen MR) is 61.5 cm³/mol. The number of amides is 2. The summed E-state index contributed by atoms with van der Waals surface area (Å²) in [7, 11) is 0. The zero-order valence-electron chi connectivity index (χ0n) is 10.5. The smallest absolute Gasteiger partial charge is 0.249 e. The van der Waals surface area contributed by atoms with Crippen molar-refractivity contribution in [1.29, 1.82) is 10.5 Å². The Bertz CT molecular complexity index is 467. The highest BCUT2D eigenvalue weighted by Gasteiger charge is 2.97. The van der Waals surface area contributed by atoms with E-state index in [4.69, 9.17) is 0 Å². The number of rotatable bonds is 4. The molecule has 0 aromatic carbocycles. The largest absolute Gasteiger partial charge is 0.293 e. The van der Waals surface area contributed by atoms with E-state index in [9.17, 15) is 20.1 Å². The number of carbonyl (C=O) groups excluding carboxylic acids is 2. The van der Waals surface area contributed by atoms with Crippen LogP contribution >= 0.6 is 0 Å². The zero-order valence-corrected chi connectivity index (χ0v) is 10.5. The van der Waals surface area contributed by atoms with Crippen molar-refractivity contribution in [1.82, 2.24) is 5.32 Å². The number of nitrogens with zero attached hydrogens (tertiary/aromatic N) is 2. The Morgan fingerprint density at radius 1 is 1.00 bits per heavy atom. The van der Waals surface area contributed by atoms with Crippen LogP contribution in [0.15, 0.2) is 0 Å². The van der Waals surface area contributed by atoms with Crippen molar-refractivity contribution in [3.8, 4) is 12.1 Å². The topological polar surface area (TPSA) is 93.8 Å². The molecule has 2 rings (SSSR count). The highest BCUT2D eigenvalue weighted by atomic mass is 16.2. The molecule has 0 unspecified atom stereocenters. The van der Waals surface area contributed by atoms with Gasteiger partial charge < -0.3 is 0 Å². The molecule has 0 aromatic rings. The molecule has 1 saturated carbocycles. The van der Waals surface area contributed by atoms with Crippen molar-refractivity contribution in [2.75, 3.05) is 0 Å². The molecule has 1 aliphatic heterocycles. The number of imide groups is 1. The molecular weight excluding hydrogens is 230 g/mol. The molecule has 2 atom stereocenters. The lowest BCUT2D eigenvalue weighted by atomic mass is 9.82. The number of fused-ring (bicyclic) bond motifs is 1. The number of carbonyl (C=O) groups is 2. The Balaban J connectivity index is 2.64. The van der Waals surface area contributed by atoms with Gasteiger partial charge in [0.1, 0.15) is 0 Å². The lowest BCUT2D eigenvalue weighted by molar-refractivity contribution is -0.131. The Morgan fingerprint density at radius 2 is 1.39 bits per heavy atom. The average molecular weight is 245 g/mol. The van der Waals surface area contributed by atoms with E-state index < -0.39 is 28.1 Å². The first kappa shape index (κ1) is 12.6. The van der Waals surface area contributed by atoms with Crippen LogP contribution in [0.2, 0.25) is 0 Å². The molecule has 2 fully saturated rings. The lowest BCUT2D eigenvalue weighted by Gasteiger charge is -2.21. The van der Waals surface area contributed by atoms with Gasteiger partial charge in [0.15, 0.2) is 10.8 Å². The second-order valence-electron chi connectivity index (χ2n) is 5.09. The van der Waals surface area contributed by atoms with Crippen LogP contribution in [0, 0.1) is 38.9 Å². The second-order valence-corrected chi connectivity index (χ2v) is 5.09. The molecule has 2 amide bonds. The lowest BCUT2D eigenvalue weighted by Crippen LogP contribution is -2.37. The van der Waals surface area contributed by atoms with Crippen LogP contribution in [0.1, 0.15) is 39.5 Å². The van der Waals surface area contributed by atoms with Gasteiger partial charge in [0, 0.05) is 5.41 Å². The van der Waals surface area contributed by atoms with Crippen molar-refractivity contribution in [3.05, 3.63) is 0 Å². The van der Waals surface area contributed by atoms with E-state index in [1.54, 1.807) is 0 Å². The Labute approximate surface area is 106 Å². The number of hydrogen-bond acceptors (Lipinski definition) is 4. The van der Waals surface area contributed by atoms with Gasteiger partial charge in [0.2, 0.25) is 11.8 Å². The van der Waals surface area contributed by atoms with Crippen LogP contribution in [0.3, 0.4) is 0 Å². The summed E-state index contributed by atoms with van der Waals surface area (Å²) >= 11 is 0. The summed E-state index contributed by atoms with van der Waals surface area (Å²) in [6.07, 6.45) is 2.60. The minimum Gasteiger partial charge on any atom is -0.293 e. The van der Waals surface area contributed by atoms with Crippen LogP contribution in [-0.2, 0) is 9.59 Å². The number of nitrogens with one attached hydrogen (secondary N) is 1. The van der Waals surface area contributed by atoms with E-state index in [0.29, 0.717) is 12.8 Å². The van der Waals surface area contributed by atoms with E-state index >= 15 is 0 Å². The van der Waals surface area contributed by atoms with Crippen molar-refractivity contribution >= 4 is 11.8 Å². The number of piperidine rings is 1. The first-order chi connectivity index (χ1) is 8.54. The predicted octanol–water partition coefficient (Wildman–Crippen LogP) is 1.26.